The Hall–Kier alpha value is -2.62. The smallest absolute Gasteiger partial charge is 0.258 e. The number of anilines is 1. The van der Waals surface area contributed by atoms with Gasteiger partial charge in [0.15, 0.2) is 0 Å². The summed E-state index contributed by atoms with van der Waals surface area (Å²) in [5, 5.41) is 0. The van der Waals surface area contributed by atoms with Gasteiger partial charge in [-0.1, -0.05) is 0 Å². The molecule has 0 aliphatic carbocycles. The van der Waals surface area contributed by atoms with Gasteiger partial charge in [-0.25, -0.2) is 0 Å². The number of hydrogen-bond donors (Lipinski definition) is 0. The monoisotopic (exact) mass is 281 g/mol. The van der Waals surface area contributed by atoms with Crippen molar-refractivity contribution in [1.29, 1.82) is 0 Å². The van der Waals surface area contributed by atoms with Gasteiger partial charge in [0.2, 0.25) is 0 Å². The maximum Gasteiger partial charge on any atom is 0.258 e. The summed E-state index contributed by atoms with van der Waals surface area (Å²) in [5.41, 5.74) is 3.14. The van der Waals surface area contributed by atoms with Gasteiger partial charge in [-0.2, -0.15) is 0 Å². The van der Waals surface area contributed by atoms with Crippen molar-refractivity contribution in [3.63, 3.8) is 0 Å². The summed E-state index contributed by atoms with van der Waals surface area (Å²) < 4.78 is 5.19. The fourth-order valence-electron chi connectivity index (χ4n) is 2.57. The predicted molar refractivity (Wildman–Crippen MR) is 80.2 cm³/mol. The highest BCUT2D eigenvalue weighted by atomic mass is 16.5. The molecule has 1 aliphatic heterocycles. The largest absolute Gasteiger partial charge is 0.497 e. The number of nitrogens with zero attached hydrogens (tertiary/aromatic N) is 1. The molecule has 3 rings (SSSR count). The van der Waals surface area contributed by atoms with Crippen LogP contribution in [0.15, 0.2) is 42.5 Å². The molecule has 0 fully saturated rings. The Balaban J connectivity index is 1.92. The summed E-state index contributed by atoms with van der Waals surface area (Å²) in [6.07, 6.45) is 1.58. The van der Waals surface area contributed by atoms with Crippen LogP contribution >= 0.6 is 0 Å². The van der Waals surface area contributed by atoms with Gasteiger partial charge >= 0.3 is 0 Å². The van der Waals surface area contributed by atoms with E-state index < -0.39 is 0 Å². The lowest BCUT2D eigenvalue weighted by molar-refractivity contribution is 0.0980. The Morgan fingerprint density at radius 1 is 1.14 bits per heavy atom. The standard InChI is InChI=1S/C17H15NO3/c1-21-15-6-7-16-13(10-15)8-9-18(17(16)20)14-4-2-12(11-19)3-5-14/h2-7,10-11H,8-9H2,1H3. The van der Waals surface area contributed by atoms with Crippen molar-refractivity contribution in [2.75, 3.05) is 18.6 Å². The fourth-order valence-corrected chi connectivity index (χ4v) is 2.57. The van der Waals surface area contributed by atoms with E-state index in [1.165, 1.54) is 0 Å². The quantitative estimate of drug-likeness (QED) is 0.813. The molecule has 0 unspecified atom stereocenters. The van der Waals surface area contributed by atoms with Gasteiger partial charge in [0.25, 0.3) is 5.91 Å². The molecule has 2 aromatic carbocycles. The van der Waals surface area contributed by atoms with Crippen LogP contribution in [0.3, 0.4) is 0 Å². The first-order chi connectivity index (χ1) is 10.2. The van der Waals surface area contributed by atoms with Gasteiger partial charge in [0.05, 0.1) is 7.11 Å². The van der Waals surface area contributed by atoms with Crippen LogP contribution in [0.2, 0.25) is 0 Å². The second-order valence-corrected chi connectivity index (χ2v) is 4.94. The van der Waals surface area contributed by atoms with Crippen LogP contribution in [0.25, 0.3) is 0 Å². The Kier molecular flexibility index (Phi) is 3.44. The van der Waals surface area contributed by atoms with Gasteiger partial charge in [-0.05, 0) is 54.4 Å². The number of amides is 1. The summed E-state index contributed by atoms with van der Waals surface area (Å²) in [6.45, 7) is 0.624. The van der Waals surface area contributed by atoms with E-state index >= 15 is 0 Å². The Labute approximate surface area is 123 Å². The Morgan fingerprint density at radius 2 is 1.90 bits per heavy atom. The highest BCUT2D eigenvalue weighted by Crippen LogP contribution is 2.27. The van der Waals surface area contributed by atoms with E-state index in [4.69, 9.17) is 4.74 Å². The van der Waals surface area contributed by atoms with Crippen molar-refractivity contribution in [3.05, 3.63) is 59.2 Å². The minimum atomic E-state index is -0.0160. The molecule has 21 heavy (non-hydrogen) atoms. The number of ether oxygens (including phenoxy) is 1. The van der Waals surface area contributed by atoms with Crippen LogP contribution in [0, 0.1) is 0 Å². The summed E-state index contributed by atoms with van der Waals surface area (Å²) >= 11 is 0. The molecule has 0 saturated heterocycles. The maximum atomic E-state index is 12.6. The summed E-state index contributed by atoms with van der Waals surface area (Å²) in [4.78, 5) is 25.0. The highest BCUT2D eigenvalue weighted by molar-refractivity contribution is 6.08. The molecule has 1 heterocycles. The second-order valence-electron chi connectivity index (χ2n) is 4.94. The number of fused-ring (bicyclic) bond motifs is 1. The number of hydrogen-bond acceptors (Lipinski definition) is 3. The Morgan fingerprint density at radius 3 is 2.57 bits per heavy atom. The predicted octanol–water partition coefficient (Wildman–Crippen LogP) is 2.71. The third-order valence-electron chi connectivity index (χ3n) is 3.73. The van der Waals surface area contributed by atoms with E-state index in [0.29, 0.717) is 17.7 Å². The molecule has 4 nitrogen and oxygen atoms in total. The van der Waals surface area contributed by atoms with Crippen molar-refractivity contribution in [1.82, 2.24) is 0 Å². The van der Waals surface area contributed by atoms with E-state index in [1.807, 2.05) is 12.1 Å². The molecule has 0 spiro atoms. The van der Waals surface area contributed by atoms with E-state index in [1.54, 1.807) is 42.3 Å². The van der Waals surface area contributed by atoms with Crippen LogP contribution in [-0.4, -0.2) is 25.8 Å². The van der Waals surface area contributed by atoms with Crippen LogP contribution < -0.4 is 9.64 Å². The molecule has 0 saturated carbocycles. The Bertz CT molecular complexity index is 692. The molecule has 0 atom stereocenters. The summed E-state index contributed by atoms with van der Waals surface area (Å²) in [7, 11) is 1.62. The van der Waals surface area contributed by atoms with E-state index in [0.717, 1.165) is 29.7 Å². The van der Waals surface area contributed by atoms with E-state index in [9.17, 15) is 9.59 Å². The SMILES string of the molecule is COc1ccc2c(c1)CCN(c1ccc(C=O)cc1)C2=O. The number of rotatable bonds is 3. The second kappa shape index (κ2) is 5.40. The van der Waals surface area contributed by atoms with Gasteiger partial charge in [-0.3, -0.25) is 9.59 Å². The van der Waals surface area contributed by atoms with E-state index in [-0.39, 0.29) is 5.91 Å². The molecule has 2 aromatic rings. The minimum Gasteiger partial charge on any atom is -0.497 e. The number of carbonyl (C=O) groups excluding carboxylic acids is 2. The van der Waals surface area contributed by atoms with E-state index in [2.05, 4.69) is 0 Å². The van der Waals surface area contributed by atoms with Crippen molar-refractivity contribution in [2.24, 2.45) is 0 Å². The molecular weight excluding hydrogens is 266 g/mol. The molecule has 0 bridgehead atoms. The molecule has 0 aromatic heterocycles. The van der Waals surface area contributed by atoms with Crippen LogP contribution in [0.4, 0.5) is 5.69 Å². The minimum absolute atomic E-state index is 0.0160. The van der Waals surface area contributed by atoms with Crippen LogP contribution in [0.5, 0.6) is 5.75 Å². The summed E-state index contributed by atoms with van der Waals surface area (Å²) in [6, 6.07) is 12.6. The lowest BCUT2D eigenvalue weighted by Gasteiger charge is -2.29. The van der Waals surface area contributed by atoms with Crippen molar-refractivity contribution in [3.8, 4) is 5.75 Å². The van der Waals surface area contributed by atoms with Crippen molar-refractivity contribution >= 4 is 17.9 Å². The average Bonchev–Trinajstić information content (AvgIpc) is 2.55. The molecule has 1 amide bonds. The van der Waals surface area contributed by atoms with Gasteiger partial charge in [0.1, 0.15) is 12.0 Å². The van der Waals surface area contributed by atoms with Crippen LogP contribution in [0.1, 0.15) is 26.3 Å². The zero-order valence-corrected chi connectivity index (χ0v) is 11.7. The van der Waals surface area contributed by atoms with Crippen molar-refractivity contribution in [2.45, 2.75) is 6.42 Å². The first-order valence-electron chi connectivity index (χ1n) is 6.77. The van der Waals surface area contributed by atoms with Gasteiger partial charge < -0.3 is 9.64 Å². The molecule has 1 aliphatic rings. The number of methoxy groups -OCH3 is 1. The lowest BCUT2D eigenvalue weighted by atomic mass is 9.98. The van der Waals surface area contributed by atoms with Crippen molar-refractivity contribution < 1.29 is 14.3 Å². The first-order valence-corrected chi connectivity index (χ1v) is 6.77. The zero-order valence-electron chi connectivity index (χ0n) is 11.7. The molecule has 4 heteroatoms. The van der Waals surface area contributed by atoms with Gasteiger partial charge in [0, 0.05) is 23.4 Å². The molecule has 0 N–H and O–H groups in total. The average molecular weight is 281 g/mol. The number of carbonyl (C=O) groups is 2. The maximum absolute atomic E-state index is 12.6. The van der Waals surface area contributed by atoms with Gasteiger partial charge in [-0.15, -0.1) is 0 Å². The topological polar surface area (TPSA) is 46.6 Å². The summed E-state index contributed by atoms with van der Waals surface area (Å²) in [5.74, 6) is 0.753. The fraction of sp³-hybridized carbons (Fsp3) is 0.176. The van der Waals surface area contributed by atoms with Crippen LogP contribution in [-0.2, 0) is 6.42 Å². The zero-order chi connectivity index (χ0) is 14.8. The first kappa shape index (κ1) is 13.4. The number of benzene rings is 2. The normalized spacial score (nSPS) is 13.8. The molecular formula is C17H15NO3. The molecule has 0 radical (unpaired) electrons. The lowest BCUT2D eigenvalue weighted by Crippen LogP contribution is -2.37. The third-order valence-corrected chi connectivity index (χ3v) is 3.73. The molecule has 106 valence electrons. The number of aldehydes is 1. The third kappa shape index (κ3) is 2.40. The highest BCUT2D eigenvalue weighted by Gasteiger charge is 2.25.